The Hall–Kier alpha value is -2.82. The van der Waals surface area contributed by atoms with Crippen molar-refractivity contribution in [3.05, 3.63) is 65.1 Å². The number of aryl methyl sites for hydroxylation is 2. The fourth-order valence-electron chi connectivity index (χ4n) is 3.50. The van der Waals surface area contributed by atoms with Crippen LogP contribution in [0.1, 0.15) is 23.1 Å². The van der Waals surface area contributed by atoms with Gasteiger partial charge in [-0.1, -0.05) is 6.07 Å². The van der Waals surface area contributed by atoms with Gasteiger partial charge in [-0.15, -0.1) is 0 Å². The van der Waals surface area contributed by atoms with Crippen molar-refractivity contribution in [3.63, 3.8) is 0 Å². The monoisotopic (exact) mass is 336 g/mol. The Morgan fingerprint density at radius 3 is 2.96 bits per heavy atom. The lowest BCUT2D eigenvalue weighted by Crippen LogP contribution is -2.23. The van der Waals surface area contributed by atoms with Gasteiger partial charge in [0, 0.05) is 29.3 Å². The fraction of sp³-hybridized carbons (Fsp3) is 0.250. The predicted octanol–water partition coefficient (Wildman–Crippen LogP) is 3.77. The van der Waals surface area contributed by atoms with Crippen molar-refractivity contribution in [1.82, 2.24) is 4.98 Å². The van der Waals surface area contributed by atoms with E-state index >= 15 is 0 Å². The first-order valence-corrected chi connectivity index (χ1v) is 8.63. The number of aromatic nitrogens is 1. The summed E-state index contributed by atoms with van der Waals surface area (Å²) in [5, 5.41) is 4.20. The molecule has 128 valence electrons. The molecule has 1 aliphatic carbocycles. The summed E-state index contributed by atoms with van der Waals surface area (Å²) < 4.78 is 13.2. The molecule has 25 heavy (non-hydrogen) atoms. The molecular weight excluding hydrogens is 315 g/mol. The summed E-state index contributed by atoms with van der Waals surface area (Å²) in [5.74, 6) is 0.186. The van der Waals surface area contributed by atoms with Gasteiger partial charge < -0.3 is 16.0 Å². The zero-order valence-electron chi connectivity index (χ0n) is 14.0. The number of anilines is 1. The minimum Gasteiger partial charge on any atom is -0.370 e. The van der Waals surface area contributed by atoms with E-state index < -0.39 is 0 Å². The summed E-state index contributed by atoms with van der Waals surface area (Å²) in [6.07, 6.45) is 6.20. The number of H-pyrrole nitrogens is 1. The van der Waals surface area contributed by atoms with Gasteiger partial charge in [0.25, 0.3) is 0 Å². The van der Waals surface area contributed by atoms with Gasteiger partial charge in [-0.3, -0.25) is 4.99 Å². The average molecular weight is 336 g/mol. The standard InChI is InChI=1S/C20H21FN4/c21-16-5-7-18-15(12-24-19(18)11-16)8-9-23-20(22)25-17-6-4-13-2-1-3-14(13)10-17/h4-7,10-12,24H,1-3,8-9H2,(H3,22,23,25). The zero-order valence-corrected chi connectivity index (χ0v) is 14.0. The summed E-state index contributed by atoms with van der Waals surface area (Å²) >= 11 is 0. The summed E-state index contributed by atoms with van der Waals surface area (Å²) in [4.78, 5) is 7.50. The second kappa shape index (κ2) is 6.59. The van der Waals surface area contributed by atoms with Crippen LogP contribution in [0.25, 0.3) is 10.9 Å². The molecule has 5 heteroatoms. The molecule has 0 unspecified atom stereocenters. The second-order valence-corrected chi connectivity index (χ2v) is 6.48. The van der Waals surface area contributed by atoms with Crippen molar-refractivity contribution in [2.45, 2.75) is 25.7 Å². The van der Waals surface area contributed by atoms with Crippen LogP contribution in [-0.4, -0.2) is 17.5 Å². The van der Waals surface area contributed by atoms with Gasteiger partial charge in [-0.2, -0.15) is 0 Å². The zero-order chi connectivity index (χ0) is 17.2. The third-order valence-corrected chi connectivity index (χ3v) is 4.76. The quantitative estimate of drug-likeness (QED) is 0.501. The minimum atomic E-state index is -0.235. The van der Waals surface area contributed by atoms with E-state index in [1.54, 1.807) is 6.07 Å². The summed E-state index contributed by atoms with van der Waals surface area (Å²) in [6.45, 7) is 0.577. The SMILES string of the molecule is NC(=NCCc1c[nH]c2cc(F)ccc12)Nc1ccc2c(c1)CCC2. The van der Waals surface area contributed by atoms with E-state index in [9.17, 15) is 4.39 Å². The van der Waals surface area contributed by atoms with Crippen molar-refractivity contribution >= 4 is 22.5 Å². The third kappa shape index (κ3) is 3.36. The van der Waals surface area contributed by atoms with Crippen molar-refractivity contribution in [3.8, 4) is 0 Å². The molecule has 0 radical (unpaired) electrons. The fourth-order valence-corrected chi connectivity index (χ4v) is 3.50. The van der Waals surface area contributed by atoms with Crippen LogP contribution >= 0.6 is 0 Å². The molecule has 0 fully saturated rings. The van der Waals surface area contributed by atoms with Crippen molar-refractivity contribution in [2.75, 3.05) is 11.9 Å². The van der Waals surface area contributed by atoms with Gasteiger partial charge in [-0.25, -0.2) is 4.39 Å². The van der Waals surface area contributed by atoms with Crippen molar-refractivity contribution in [1.29, 1.82) is 0 Å². The van der Waals surface area contributed by atoms with E-state index in [4.69, 9.17) is 5.73 Å². The van der Waals surface area contributed by atoms with Crippen LogP contribution in [-0.2, 0) is 19.3 Å². The maximum absolute atomic E-state index is 13.2. The Morgan fingerprint density at radius 1 is 1.16 bits per heavy atom. The van der Waals surface area contributed by atoms with Crippen LogP contribution in [0.5, 0.6) is 0 Å². The van der Waals surface area contributed by atoms with E-state index in [0.29, 0.717) is 12.5 Å². The topological polar surface area (TPSA) is 66.2 Å². The van der Waals surface area contributed by atoms with E-state index in [1.165, 1.54) is 36.1 Å². The number of nitrogens with two attached hydrogens (primary N) is 1. The first kappa shape index (κ1) is 15.7. The molecule has 1 aliphatic rings. The lowest BCUT2D eigenvalue weighted by Gasteiger charge is -2.08. The number of guanidine groups is 1. The molecule has 1 aromatic heterocycles. The number of fused-ring (bicyclic) bond motifs is 2. The second-order valence-electron chi connectivity index (χ2n) is 6.48. The summed E-state index contributed by atoms with van der Waals surface area (Å²) in [7, 11) is 0. The van der Waals surface area contributed by atoms with Gasteiger partial charge >= 0.3 is 0 Å². The molecule has 0 bridgehead atoms. The van der Waals surface area contributed by atoms with Crippen molar-refractivity contribution < 1.29 is 4.39 Å². The molecule has 0 atom stereocenters. The van der Waals surface area contributed by atoms with Crippen LogP contribution in [0, 0.1) is 5.82 Å². The first-order valence-electron chi connectivity index (χ1n) is 8.63. The van der Waals surface area contributed by atoms with Crippen LogP contribution in [0.3, 0.4) is 0 Å². The van der Waals surface area contributed by atoms with Crippen molar-refractivity contribution in [2.24, 2.45) is 10.7 Å². The molecule has 4 nitrogen and oxygen atoms in total. The molecule has 0 aliphatic heterocycles. The van der Waals surface area contributed by atoms with Gasteiger partial charge in [-0.05, 0) is 72.7 Å². The molecule has 4 rings (SSSR count). The molecule has 0 saturated heterocycles. The van der Waals surface area contributed by atoms with Gasteiger partial charge in [0.05, 0.1) is 0 Å². The van der Waals surface area contributed by atoms with Crippen LogP contribution in [0.15, 0.2) is 47.6 Å². The Morgan fingerprint density at radius 2 is 2.04 bits per heavy atom. The predicted molar refractivity (Wildman–Crippen MR) is 101 cm³/mol. The van der Waals surface area contributed by atoms with E-state index in [-0.39, 0.29) is 5.82 Å². The summed E-state index contributed by atoms with van der Waals surface area (Å²) in [6, 6.07) is 11.2. The van der Waals surface area contributed by atoms with Crippen LogP contribution in [0.2, 0.25) is 0 Å². The Bertz CT molecular complexity index is 942. The number of halogens is 1. The lowest BCUT2D eigenvalue weighted by atomic mass is 10.1. The number of aliphatic imine (C=N–C) groups is 1. The number of hydrogen-bond donors (Lipinski definition) is 3. The molecule has 0 saturated carbocycles. The Kier molecular flexibility index (Phi) is 4.14. The molecule has 2 aromatic carbocycles. The highest BCUT2D eigenvalue weighted by atomic mass is 19.1. The number of nitrogens with one attached hydrogen (secondary N) is 2. The number of hydrogen-bond acceptors (Lipinski definition) is 1. The lowest BCUT2D eigenvalue weighted by molar-refractivity contribution is 0.629. The Balaban J connectivity index is 1.39. The number of nitrogens with zero attached hydrogens (tertiary/aromatic N) is 1. The van der Waals surface area contributed by atoms with Gasteiger partial charge in [0.15, 0.2) is 5.96 Å². The molecule has 1 heterocycles. The molecule has 0 spiro atoms. The smallest absolute Gasteiger partial charge is 0.193 e. The maximum atomic E-state index is 13.2. The molecule has 3 aromatic rings. The average Bonchev–Trinajstić information content (AvgIpc) is 3.21. The highest BCUT2D eigenvalue weighted by Gasteiger charge is 2.11. The van der Waals surface area contributed by atoms with Gasteiger partial charge in [0.1, 0.15) is 5.82 Å². The normalized spacial score (nSPS) is 14.0. The highest BCUT2D eigenvalue weighted by Crippen LogP contribution is 2.24. The van der Waals surface area contributed by atoms with Gasteiger partial charge in [0.2, 0.25) is 0 Å². The molecule has 0 amide bonds. The van der Waals surface area contributed by atoms with E-state index in [1.807, 2.05) is 6.20 Å². The first-order chi connectivity index (χ1) is 12.2. The highest BCUT2D eigenvalue weighted by molar-refractivity contribution is 5.92. The van der Waals surface area contributed by atoms with E-state index in [2.05, 4.69) is 33.5 Å². The number of rotatable bonds is 4. The number of benzene rings is 2. The number of aromatic amines is 1. The molecule has 4 N–H and O–H groups in total. The molecular formula is C20H21FN4. The van der Waals surface area contributed by atoms with Crippen LogP contribution < -0.4 is 11.1 Å². The third-order valence-electron chi connectivity index (χ3n) is 4.76. The van der Waals surface area contributed by atoms with E-state index in [0.717, 1.165) is 35.0 Å². The minimum absolute atomic E-state index is 0.235. The maximum Gasteiger partial charge on any atom is 0.193 e. The Labute approximate surface area is 146 Å². The summed E-state index contributed by atoms with van der Waals surface area (Å²) in [5.41, 5.74) is 11.8. The largest absolute Gasteiger partial charge is 0.370 e. The van der Waals surface area contributed by atoms with Crippen LogP contribution in [0.4, 0.5) is 10.1 Å².